The van der Waals surface area contributed by atoms with Gasteiger partial charge in [0, 0.05) is 19.0 Å². The summed E-state index contributed by atoms with van der Waals surface area (Å²) in [5.74, 6) is -1.37. The maximum Gasteiger partial charge on any atom is 0.323 e. The molecule has 2 heterocycles. The molecule has 1 amide bonds. The molecular formula is C18H19N3O4S. The fourth-order valence-corrected chi connectivity index (χ4v) is 3.82. The lowest BCUT2D eigenvalue weighted by Crippen LogP contribution is -2.37. The number of carboxylic acids is 1. The van der Waals surface area contributed by atoms with E-state index in [1.54, 1.807) is 6.07 Å². The quantitative estimate of drug-likeness (QED) is 0.688. The topological polar surface area (TPSA) is 84.7 Å². The Hall–Kier alpha value is -2.71. The Morgan fingerprint density at radius 3 is 2.69 bits per heavy atom. The summed E-state index contributed by atoms with van der Waals surface area (Å²) in [5.41, 5.74) is 1.73. The van der Waals surface area contributed by atoms with Crippen molar-refractivity contribution < 1.29 is 19.4 Å². The first-order valence-electron chi connectivity index (χ1n) is 8.06. The molecule has 1 aromatic carbocycles. The highest BCUT2D eigenvalue weighted by atomic mass is 32.1. The third-order valence-corrected chi connectivity index (χ3v) is 5.03. The van der Waals surface area contributed by atoms with Crippen molar-refractivity contribution in [3.8, 4) is 5.69 Å². The summed E-state index contributed by atoms with van der Waals surface area (Å²) in [7, 11) is 1.51. The second-order valence-electron chi connectivity index (χ2n) is 5.78. The van der Waals surface area contributed by atoms with Crippen LogP contribution in [-0.4, -0.2) is 58.5 Å². The van der Waals surface area contributed by atoms with Crippen molar-refractivity contribution >= 4 is 33.4 Å². The number of aromatic nitrogens is 2. The van der Waals surface area contributed by atoms with Crippen molar-refractivity contribution in [2.75, 3.05) is 26.8 Å². The fraction of sp³-hybridized carbons (Fsp3) is 0.278. The molecule has 0 spiro atoms. The normalized spacial score (nSPS) is 11.0. The number of hydrogen-bond acceptors (Lipinski definition) is 5. The van der Waals surface area contributed by atoms with Crippen LogP contribution in [0.3, 0.4) is 0 Å². The first kappa shape index (κ1) is 18.1. The zero-order chi connectivity index (χ0) is 18.7. The Morgan fingerprint density at radius 1 is 1.31 bits per heavy atom. The van der Waals surface area contributed by atoms with Gasteiger partial charge in [-0.25, -0.2) is 4.68 Å². The number of methoxy groups -OCH3 is 1. The summed E-state index contributed by atoms with van der Waals surface area (Å²) < 4.78 is 6.79. The number of carbonyl (C=O) groups is 2. The summed E-state index contributed by atoms with van der Waals surface area (Å²) in [6, 6.07) is 11.5. The Labute approximate surface area is 154 Å². The number of carbonyl (C=O) groups excluding carboxylic acids is 1. The zero-order valence-corrected chi connectivity index (χ0v) is 15.3. The molecule has 2 aromatic heterocycles. The molecule has 0 unspecified atom stereocenters. The van der Waals surface area contributed by atoms with Crippen molar-refractivity contribution in [1.82, 2.24) is 14.7 Å². The van der Waals surface area contributed by atoms with Crippen LogP contribution in [0.4, 0.5) is 0 Å². The second kappa shape index (κ2) is 7.67. The van der Waals surface area contributed by atoms with E-state index in [2.05, 4.69) is 5.10 Å². The lowest BCUT2D eigenvalue weighted by atomic mass is 10.3. The van der Waals surface area contributed by atoms with E-state index >= 15 is 0 Å². The molecule has 0 radical (unpaired) electrons. The second-order valence-corrected chi connectivity index (χ2v) is 6.81. The molecule has 136 valence electrons. The Kier molecular flexibility index (Phi) is 5.34. The van der Waals surface area contributed by atoms with E-state index in [0.29, 0.717) is 4.88 Å². The van der Waals surface area contributed by atoms with Gasteiger partial charge in [-0.05, 0) is 25.1 Å². The number of amides is 1. The zero-order valence-electron chi connectivity index (χ0n) is 14.5. The van der Waals surface area contributed by atoms with Crippen LogP contribution in [0.1, 0.15) is 15.4 Å². The molecule has 0 aliphatic carbocycles. The molecule has 0 fully saturated rings. The summed E-state index contributed by atoms with van der Waals surface area (Å²) >= 11 is 1.31. The van der Waals surface area contributed by atoms with Gasteiger partial charge in [0.05, 0.1) is 22.9 Å². The molecule has 26 heavy (non-hydrogen) atoms. The Morgan fingerprint density at radius 2 is 2.04 bits per heavy atom. The number of aryl methyl sites for hydroxylation is 1. The molecule has 3 rings (SSSR count). The molecule has 0 bridgehead atoms. The monoisotopic (exact) mass is 373 g/mol. The SMILES string of the molecule is COCCN(CC(=O)O)C(=O)c1cc2c(C)nn(-c3ccccc3)c2s1. The number of carboxylic acid groups (broad SMARTS) is 1. The van der Waals surface area contributed by atoms with Crippen molar-refractivity contribution in [2.24, 2.45) is 0 Å². The van der Waals surface area contributed by atoms with Gasteiger partial charge in [0.15, 0.2) is 0 Å². The van der Waals surface area contributed by atoms with Gasteiger partial charge < -0.3 is 14.7 Å². The first-order chi connectivity index (χ1) is 12.5. The highest BCUT2D eigenvalue weighted by Gasteiger charge is 2.23. The summed E-state index contributed by atoms with van der Waals surface area (Å²) in [6.45, 7) is 2.03. The van der Waals surface area contributed by atoms with E-state index in [0.717, 1.165) is 21.6 Å². The maximum atomic E-state index is 12.8. The van der Waals surface area contributed by atoms with Crippen LogP contribution in [-0.2, 0) is 9.53 Å². The third-order valence-electron chi connectivity index (χ3n) is 3.93. The van der Waals surface area contributed by atoms with E-state index in [1.165, 1.54) is 23.3 Å². The number of thiophene rings is 1. The molecule has 0 saturated heterocycles. The standard InChI is InChI=1S/C18H19N3O4S/c1-12-14-10-15(17(24)20(8-9-25-2)11-16(22)23)26-18(14)21(19-12)13-6-4-3-5-7-13/h3-7,10H,8-9,11H2,1-2H3,(H,22,23). The number of nitrogens with zero attached hydrogens (tertiary/aromatic N) is 3. The van der Waals surface area contributed by atoms with Crippen LogP contribution < -0.4 is 0 Å². The molecule has 0 aliphatic heterocycles. The van der Waals surface area contributed by atoms with Crippen LogP contribution in [0.5, 0.6) is 0 Å². The maximum absolute atomic E-state index is 12.8. The predicted molar refractivity (Wildman–Crippen MR) is 99.1 cm³/mol. The van der Waals surface area contributed by atoms with Crippen LogP contribution in [0.15, 0.2) is 36.4 Å². The van der Waals surface area contributed by atoms with Crippen molar-refractivity contribution in [1.29, 1.82) is 0 Å². The lowest BCUT2D eigenvalue weighted by molar-refractivity contribution is -0.137. The molecule has 0 aliphatic rings. The van der Waals surface area contributed by atoms with Gasteiger partial charge >= 0.3 is 5.97 Å². The number of hydrogen-bond donors (Lipinski definition) is 1. The van der Waals surface area contributed by atoms with E-state index in [1.807, 2.05) is 41.9 Å². The summed E-state index contributed by atoms with van der Waals surface area (Å²) in [6.07, 6.45) is 0. The number of rotatable bonds is 7. The number of para-hydroxylation sites is 1. The highest BCUT2D eigenvalue weighted by Crippen LogP contribution is 2.31. The smallest absolute Gasteiger partial charge is 0.323 e. The van der Waals surface area contributed by atoms with Crippen LogP contribution in [0.25, 0.3) is 15.9 Å². The van der Waals surface area contributed by atoms with Crippen molar-refractivity contribution in [3.05, 3.63) is 47.0 Å². The van der Waals surface area contributed by atoms with Crippen molar-refractivity contribution in [2.45, 2.75) is 6.92 Å². The highest BCUT2D eigenvalue weighted by molar-refractivity contribution is 7.20. The van der Waals surface area contributed by atoms with Gasteiger partial charge in [-0.15, -0.1) is 11.3 Å². The number of aliphatic carboxylic acids is 1. The van der Waals surface area contributed by atoms with Gasteiger partial charge in [0.1, 0.15) is 11.4 Å². The van der Waals surface area contributed by atoms with Gasteiger partial charge in [-0.1, -0.05) is 18.2 Å². The molecule has 7 nitrogen and oxygen atoms in total. The first-order valence-corrected chi connectivity index (χ1v) is 8.87. The average Bonchev–Trinajstić information content (AvgIpc) is 3.19. The number of ether oxygens (including phenoxy) is 1. The van der Waals surface area contributed by atoms with Gasteiger partial charge in [-0.3, -0.25) is 9.59 Å². The molecular weight excluding hydrogens is 354 g/mol. The minimum Gasteiger partial charge on any atom is -0.480 e. The lowest BCUT2D eigenvalue weighted by Gasteiger charge is -2.19. The molecule has 0 atom stereocenters. The minimum absolute atomic E-state index is 0.222. The van der Waals surface area contributed by atoms with Crippen LogP contribution in [0, 0.1) is 6.92 Å². The molecule has 3 aromatic rings. The van der Waals surface area contributed by atoms with Gasteiger partial charge in [0.2, 0.25) is 0 Å². The van der Waals surface area contributed by atoms with E-state index in [-0.39, 0.29) is 25.6 Å². The van der Waals surface area contributed by atoms with Gasteiger partial charge in [0.25, 0.3) is 5.91 Å². The van der Waals surface area contributed by atoms with Gasteiger partial charge in [-0.2, -0.15) is 5.10 Å². The minimum atomic E-state index is -1.05. The van der Waals surface area contributed by atoms with Crippen LogP contribution >= 0.6 is 11.3 Å². The van der Waals surface area contributed by atoms with E-state index < -0.39 is 5.97 Å². The average molecular weight is 373 g/mol. The molecule has 8 heteroatoms. The fourth-order valence-electron chi connectivity index (χ4n) is 2.67. The Balaban J connectivity index is 1.97. The predicted octanol–water partition coefficient (Wildman–Crippen LogP) is 2.57. The number of benzene rings is 1. The summed E-state index contributed by atoms with van der Waals surface area (Å²) in [4.78, 5) is 26.5. The third kappa shape index (κ3) is 3.61. The van der Waals surface area contributed by atoms with Crippen LogP contribution in [0.2, 0.25) is 0 Å². The Bertz CT molecular complexity index is 933. The van der Waals surface area contributed by atoms with Crippen molar-refractivity contribution in [3.63, 3.8) is 0 Å². The molecule has 1 N–H and O–H groups in total. The largest absolute Gasteiger partial charge is 0.480 e. The molecule has 0 saturated carbocycles. The van der Waals surface area contributed by atoms with E-state index in [4.69, 9.17) is 9.84 Å². The summed E-state index contributed by atoms with van der Waals surface area (Å²) in [5, 5.41) is 14.5. The van der Waals surface area contributed by atoms with E-state index in [9.17, 15) is 9.59 Å². The number of fused-ring (bicyclic) bond motifs is 1.